The van der Waals surface area contributed by atoms with Gasteiger partial charge < -0.3 is 20.5 Å². The molecule has 1 unspecified atom stereocenters. The Morgan fingerprint density at radius 2 is 1.91 bits per heavy atom. The van der Waals surface area contributed by atoms with Gasteiger partial charge in [0.25, 0.3) is 5.91 Å². The fraction of sp³-hybridized carbons (Fsp3) is 0.481. The van der Waals surface area contributed by atoms with E-state index in [1.807, 2.05) is 38.7 Å². The number of benzene rings is 1. The van der Waals surface area contributed by atoms with Gasteiger partial charge in [-0.05, 0) is 62.9 Å². The molecule has 4 rings (SSSR count). The minimum Gasteiger partial charge on any atom is -0.507 e. The van der Waals surface area contributed by atoms with Crippen LogP contribution in [0.4, 0.5) is 5.82 Å². The third-order valence-electron chi connectivity index (χ3n) is 7.20. The molecule has 2 aromatic rings. The van der Waals surface area contributed by atoms with Crippen molar-refractivity contribution in [3.63, 3.8) is 0 Å². The van der Waals surface area contributed by atoms with Gasteiger partial charge in [-0.3, -0.25) is 9.69 Å². The standard InChI is InChI=1S/C27H34N4O3/c1-18-19(2)25-22(20(3)24(18)32)10-11-27(4,34-25)26(33)31-15-13-30(14-16-31)12-6-5-7-21-8-9-23(28)29-17-21/h8-9,17,32H,6,10-16H2,1-4H3,(H2,28,29). The number of phenolic OH excluding ortho intramolecular Hbond substituents is 1. The quantitative estimate of drug-likeness (QED) is 0.682. The number of fused-ring (bicyclic) bond motifs is 1. The van der Waals surface area contributed by atoms with Crippen LogP contribution in [0.5, 0.6) is 11.5 Å². The number of rotatable bonds is 3. The third-order valence-corrected chi connectivity index (χ3v) is 7.20. The molecule has 0 bridgehead atoms. The Balaban J connectivity index is 1.33. The smallest absolute Gasteiger partial charge is 0.266 e. The Hall–Kier alpha value is -3.24. The maximum Gasteiger partial charge on any atom is 0.266 e. The number of aromatic nitrogens is 1. The number of pyridine rings is 1. The van der Waals surface area contributed by atoms with E-state index in [1.54, 1.807) is 12.3 Å². The zero-order valence-electron chi connectivity index (χ0n) is 20.6. The lowest BCUT2D eigenvalue weighted by Gasteiger charge is -2.42. The highest BCUT2D eigenvalue weighted by atomic mass is 16.5. The van der Waals surface area contributed by atoms with E-state index >= 15 is 0 Å². The number of piperazine rings is 1. The Bertz CT molecular complexity index is 1140. The van der Waals surface area contributed by atoms with Crippen molar-refractivity contribution in [1.82, 2.24) is 14.8 Å². The van der Waals surface area contributed by atoms with Gasteiger partial charge in [0.15, 0.2) is 5.60 Å². The second kappa shape index (κ2) is 9.55. The van der Waals surface area contributed by atoms with Crippen LogP contribution in [0.3, 0.4) is 0 Å². The van der Waals surface area contributed by atoms with Crippen molar-refractivity contribution in [2.75, 3.05) is 38.5 Å². The average Bonchev–Trinajstić information content (AvgIpc) is 2.85. The van der Waals surface area contributed by atoms with Gasteiger partial charge >= 0.3 is 0 Å². The van der Waals surface area contributed by atoms with Crippen LogP contribution in [0, 0.1) is 32.6 Å². The average molecular weight is 463 g/mol. The molecule has 1 aromatic heterocycles. The maximum atomic E-state index is 13.5. The zero-order valence-corrected chi connectivity index (χ0v) is 20.6. The first kappa shape index (κ1) is 23.9. The van der Waals surface area contributed by atoms with Gasteiger partial charge in [-0.2, -0.15) is 0 Å². The molecule has 180 valence electrons. The van der Waals surface area contributed by atoms with Gasteiger partial charge in [0.1, 0.15) is 17.3 Å². The van der Waals surface area contributed by atoms with E-state index in [4.69, 9.17) is 10.5 Å². The molecule has 34 heavy (non-hydrogen) atoms. The van der Waals surface area contributed by atoms with Crippen molar-refractivity contribution in [2.45, 2.75) is 52.6 Å². The van der Waals surface area contributed by atoms with E-state index in [9.17, 15) is 9.90 Å². The molecule has 0 aliphatic carbocycles. The summed E-state index contributed by atoms with van der Waals surface area (Å²) in [6.07, 6.45) is 3.78. The molecular formula is C27H34N4O3. The number of hydrogen-bond donors (Lipinski definition) is 2. The number of carbonyl (C=O) groups excluding carboxylic acids is 1. The monoisotopic (exact) mass is 462 g/mol. The van der Waals surface area contributed by atoms with Crippen LogP contribution in [0.15, 0.2) is 18.3 Å². The molecule has 3 N–H and O–H groups in total. The number of aromatic hydroxyl groups is 1. The van der Waals surface area contributed by atoms with E-state index in [2.05, 4.69) is 21.7 Å². The molecule has 2 aliphatic rings. The predicted octanol–water partition coefficient (Wildman–Crippen LogP) is 2.96. The summed E-state index contributed by atoms with van der Waals surface area (Å²) in [6, 6.07) is 3.63. The fourth-order valence-corrected chi connectivity index (χ4v) is 4.77. The van der Waals surface area contributed by atoms with Gasteiger partial charge in [0.2, 0.25) is 0 Å². The Kier molecular flexibility index (Phi) is 6.72. The normalized spacial score (nSPS) is 20.2. The molecule has 1 saturated heterocycles. The number of anilines is 1. The molecule has 7 nitrogen and oxygen atoms in total. The van der Waals surface area contributed by atoms with Crippen LogP contribution in [-0.2, 0) is 11.2 Å². The minimum atomic E-state index is -0.881. The van der Waals surface area contributed by atoms with Crippen LogP contribution in [-0.4, -0.2) is 64.1 Å². The summed E-state index contributed by atoms with van der Waals surface area (Å²) in [5.41, 5.74) is 9.19. The van der Waals surface area contributed by atoms with Gasteiger partial charge in [-0.25, -0.2) is 4.98 Å². The molecule has 1 atom stereocenters. The summed E-state index contributed by atoms with van der Waals surface area (Å²) in [7, 11) is 0. The lowest BCUT2D eigenvalue weighted by molar-refractivity contribution is -0.150. The second-order valence-electron chi connectivity index (χ2n) is 9.52. The topological polar surface area (TPSA) is 91.9 Å². The van der Waals surface area contributed by atoms with Crippen molar-refractivity contribution >= 4 is 11.7 Å². The molecule has 0 saturated carbocycles. The summed E-state index contributed by atoms with van der Waals surface area (Å²) < 4.78 is 6.39. The van der Waals surface area contributed by atoms with Crippen LogP contribution in [0.1, 0.15) is 47.6 Å². The molecule has 2 aliphatic heterocycles. The number of carbonyl (C=O) groups is 1. The largest absolute Gasteiger partial charge is 0.507 e. The van der Waals surface area contributed by atoms with Gasteiger partial charge in [-0.15, -0.1) is 0 Å². The SMILES string of the molecule is Cc1c(C)c2c(c(C)c1O)CCC(C)(C(=O)N1CCN(CCC#Cc3ccc(N)nc3)CC1)O2. The molecule has 0 radical (unpaired) electrons. The molecule has 1 amide bonds. The lowest BCUT2D eigenvalue weighted by atomic mass is 9.86. The Morgan fingerprint density at radius 3 is 2.59 bits per heavy atom. The molecule has 3 heterocycles. The summed E-state index contributed by atoms with van der Waals surface area (Å²) in [5.74, 6) is 7.96. The predicted molar refractivity (Wildman–Crippen MR) is 133 cm³/mol. The fourth-order valence-electron chi connectivity index (χ4n) is 4.77. The van der Waals surface area contributed by atoms with Crippen molar-refractivity contribution in [3.8, 4) is 23.3 Å². The zero-order chi connectivity index (χ0) is 24.5. The first-order valence-corrected chi connectivity index (χ1v) is 11.9. The number of amides is 1. The van der Waals surface area contributed by atoms with Gasteiger partial charge in [0, 0.05) is 62.9 Å². The Morgan fingerprint density at radius 1 is 1.18 bits per heavy atom. The summed E-state index contributed by atoms with van der Waals surface area (Å²) in [5, 5.41) is 10.4. The number of ether oxygens (including phenoxy) is 1. The van der Waals surface area contributed by atoms with E-state index in [0.29, 0.717) is 31.1 Å². The number of nitrogen functional groups attached to an aromatic ring is 1. The van der Waals surface area contributed by atoms with E-state index < -0.39 is 5.60 Å². The molecule has 1 aromatic carbocycles. The second-order valence-corrected chi connectivity index (χ2v) is 9.52. The summed E-state index contributed by atoms with van der Waals surface area (Å²) >= 11 is 0. The first-order chi connectivity index (χ1) is 16.2. The highest BCUT2D eigenvalue weighted by molar-refractivity contribution is 5.86. The minimum absolute atomic E-state index is 0.0521. The first-order valence-electron chi connectivity index (χ1n) is 11.9. The third kappa shape index (κ3) is 4.69. The number of nitrogens with two attached hydrogens (primary N) is 1. The number of nitrogens with zero attached hydrogens (tertiary/aromatic N) is 3. The maximum absolute atomic E-state index is 13.5. The van der Waals surface area contributed by atoms with Crippen LogP contribution >= 0.6 is 0 Å². The highest BCUT2D eigenvalue weighted by Gasteiger charge is 2.43. The van der Waals surface area contributed by atoms with Crippen LogP contribution in [0.2, 0.25) is 0 Å². The highest BCUT2D eigenvalue weighted by Crippen LogP contribution is 2.43. The van der Waals surface area contributed by atoms with Gasteiger partial charge in [-0.1, -0.05) is 11.8 Å². The van der Waals surface area contributed by atoms with Crippen molar-refractivity contribution in [2.24, 2.45) is 0 Å². The Labute approximate surface area is 201 Å². The van der Waals surface area contributed by atoms with Crippen LogP contribution < -0.4 is 10.5 Å². The van der Waals surface area contributed by atoms with Crippen molar-refractivity contribution in [3.05, 3.63) is 46.1 Å². The number of phenols is 1. The van der Waals surface area contributed by atoms with Crippen LogP contribution in [0.25, 0.3) is 0 Å². The lowest BCUT2D eigenvalue weighted by Crippen LogP contribution is -2.57. The number of hydrogen-bond acceptors (Lipinski definition) is 6. The molecule has 1 fully saturated rings. The molecular weight excluding hydrogens is 428 g/mol. The van der Waals surface area contributed by atoms with E-state index in [0.717, 1.165) is 66.0 Å². The van der Waals surface area contributed by atoms with E-state index in [1.165, 1.54) is 0 Å². The van der Waals surface area contributed by atoms with Crippen molar-refractivity contribution < 1.29 is 14.6 Å². The summed E-state index contributed by atoms with van der Waals surface area (Å²) in [4.78, 5) is 21.8. The molecule has 7 heteroatoms. The summed E-state index contributed by atoms with van der Waals surface area (Å²) in [6.45, 7) is 11.6. The molecule has 0 spiro atoms. The van der Waals surface area contributed by atoms with Crippen molar-refractivity contribution in [1.29, 1.82) is 0 Å². The van der Waals surface area contributed by atoms with E-state index in [-0.39, 0.29) is 5.91 Å². The van der Waals surface area contributed by atoms with Gasteiger partial charge in [0.05, 0.1) is 0 Å².